The molecule has 0 fully saturated rings. The van der Waals surface area contributed by atoms with Gasteiger partial charge in [-0.2, -0.15) is 0 Å². The number of benzene rings is 2. The highest BCUT2D eigenvalue weighted by molar-refractivity contribution is 7.15. The van der Waals surface area contributed by atoms with E-state index < -0.39 is 0 Å². The molecule has 0 saturated carbocycles. The summed E-state index contributed by atoms with van der Waals surface area (Å²) >= 11 is 1.46. The van der Waals surface area contributed by atoms with Gasteiger partial charge < -0.3 is 5.32 Å². The van der Waals surface area contributed by atoms with Gasteiger partial charge in [-0.1, -0.05) is 60.7 Å². The first kappa shape index (κ1) is 17.0. The number of rotatable bonds is 7. The Morgan fingerprint density at radius 2 is 1.60 bits per heavy atom. The highest BCUT2D eigenvalue weighted by Crippen LogP contribution is 2.21. The lowest BCUT2D eigenvalue weighted by Crippen LogP contribution is -2.13. The van der Waals surface area contributed by atoms with Crippen molar-refractivity contribution in [2.24, 2.45) is 0 Å². The number of aromatic nitrogens is 1. The lowest BCUT2D eigenvalue weighted by molar-refractivity contribution is -0.116. The summed E-state index contributed by atoms with van der Waals surface area (Å²) in [6, 6.07) is 19.1. The Kier molecular flexibility index (Phi) is 5.69. The van der Waals surface area contributed by atoms with Crippen LogP contribution in [0.15, 0.2) is 66.9 Å². The maximum absolute atomic E-state index is 12.0. The van der Waals surface area contributed by atoms with Gasteiger partial charge in [0.25, 0.3) is 0 Å². The Labute approximate surface area is 150 Å². The topological polar surface area (TPSA) is 59.1 Å². The third kappa shape index (κ3) is 5.09. The molecule has 1 N–H and O–H groups in total. The summed E-state index contributed by atoms with van der Waals surface area (Å²) in [5, 5.41) is 3.34. The van der Waals surface area contributed by atoms with Crippen molar-refractivity contribution < 1.29 is 9.59 Å². The van der Waals surface area contributed by atoms with E-state index >= 15 is 0 Å². The van der Waals surface area contributed by atoms with Crippen LogP contribution in [0.5, 0.6) is 0 Å². The number of nitrogens with one attached hydrogen (secondary N) is 1. The smallest absolute Gasteiger partial charge is 0.226 e. The minimum Gasteiger partial charge on any atom is -0.302 e. The number of hydrogen-bond donors (Lipinski definition) is 1. The SMILES string of the molecule is O=C(CCC(=O)c1ccccc1)Nc1ncc(Cc2ccccc2)s1. The monoisotopic (exact) mass is 350 g/mol. The zero-order valence-corrected chi connectivity index (χ0v) is 14.5. The van der Waals surface area contributed by atoms with Crippen LogP contribution in [0.25, 0.3) is 0 Å². The fraction of sp³-hybridized carbons (Fsp3) is 0.150. The van der Waals surface area contributed by atoms with E-state index in [1.165, 1.54) is 16.9 Å². The predicted octanol–water partition coefficient (Wildman–Crippen LogP) is 4.34. The molecule has 0 aliphatic rings. The van der Waals surface area contributed by atoms with Crippen LogP contribution in [-0.4, -0.2) is 16.7 Å². The number of thiazole rings is 1. The highest BCUT2D eigenvalue weighted by Gasteiger charge is 2.11. The van der Waals surface area contributed by atoms with Crippen molar-refractivity contribution in [2.75, 3.05) is 5.32 Å². The van der Waals surface area contributed by atoms with Gasteiger partial charge in [0.1, 0.15) is 0 Å². The van der Waals surface area contributed by atoms with Crippen molar-refractivity contribution in [1.29, 1.82) is 0 Å². The van der Waals surface area contributed by atoms with Gasteiger partial charge in [-0.15, -0.1) is 11.3 Å². The third-order valence-electron chi connectivity index (χ3n) is 3.70. The second kappa shape index (κ2) is 8.35. The zero-order chi connectivity index (χ0) is 17.5. The zero-order valence-electron chi connectivity index (χ0n) is 13.6. The third-order valence-corrected chi connectivity index (χ3v) is 4.61. The van der Waals surface area contributed by atoms with Crippen LogP contribution in [0, 0.1) is 0 Å². The van der Waals surface area contributed by atoms with Gasteiger partial charge in [0.05, 0.1) is 0 Å². The molecule has 1 heterocycles. The lowest BCUT2D eigenvalue weighted by Gasteiger charge is -2.02. The minimum atomic E-state index is -0.190. The molecule has 4 nitrogen and oxygen atoms in total. The maximum Gasteiger partial charge on any atom is 0.226 e. The molecule has 0 bridgehead atoms. The summed E-state index contributed by atoms with van der Waals surface area (Å²) in [5.74, 6) is -0.218. The van der Waals surface area contributed by atoms with Gasteiger partial charge in [-0.3, -0.25) is 9.59 Å². The minimum absolute atomic E-state index is 0.0281. The van der Waals surface area contributed by atoms with E-state index in [1.54, 1.807) is 18.3 Å². The molecule has 0 unspecified atom stereocenters. The molecule has 1 aromatic heterocycles. The number of hydrogen-bond acceptors (Lipinski definition) is 4. The molecule has 3 aromatic rings. The number of Topliss-reactive ketones (excluding diaryl/α,β-unsaturated/α-hetero) is 1. The molecule has 1 amide bonds. The van der Waals surface area contributed by atoms with Crippen LogP contribution < -0.4 is 5.32 Å². The normalized spacial score (nSPS) is 10.4. The van der Waals surface area contributed by atoms with Crippen molar-refractivity contribution in [3.8, 4) is 0 Å². The van der Waals surface area contributed by atoms with Gasteiger partial charge in [0.2, 0.25) is 5.91 Å². The second-order valence-corrected chi connectivity index (χ2v) is 6.75. The average Bonchev–Trinajstić information content (AvgIpc) is 3.08. The summed E-state index contributed by atoms with van der Waals surface area (Å²) < 4.78 is 0. The van der Waals surface area contributed by atoms with Gasteiger partial charge >= 0.3 is 0 Å². The largest absolute Gasteiger partial charge is 0.302 e. The number of amides is 1. The Morgan fingerprint density at radius 3 is 2.32 bits per heavy atom. The molecule has 5 heteroatoms. The fourth-order valence-corrected chi connectivity index (χ4v) is 3.28. The average molecular weight is 350 g/mol. The predicted molar refractivity (Wildman–Crippen MR) is 100.0 cm³/mol. The van der Waals surface area contributed by atoms with Gasteiger partial charge in [0.15, 0.2) is 10.9 Å². The van der Waals surface area contributed by atoms with Crippen LogP contribution >= 0.6 is 11.3 Å². The fourth-order valence-electron chi connectivity index (χ4n) is 2.42. The van der Waals surface area contributed by atoms with Gasteiger partial charge in [-0.05, 0) is 5.56 Å². The van der Waals surface area contributed by atoms with Crippen LogP contribution in [-0.2, 0) is 11.2 Å². The summed E-state index contributed by atoms with van der Waals surface area (Å²) in [5.41, 5.74) is 1.84. The maximum atomic E-state index is 12.0. The molecule has 0 aliphatic carbocycles. The number of nitrogens with zero attached hydrogens (tertiary/aromatic N) is 1. The molecule has 0 radical (unpaired) electrons. The quantitative estimate of drug-likeness (QED) is 0.645. The molecule has 0 aliphatic heterocycles. The van der Waals surface area contributed by atoms with Crippen LogP contribution in [0.4, 0.5) is 5.13 Å². The Morgan fingerprint density at radius 1 is 0.920 bits per heavy atom. The first-order chi connectivity index (χ1) is 12.2. The van der Waals surface area contributed by atoms with Crippen LogP contribution in [0.2, 0.25) is 0 Å². The van der Waals surface area contributed by atoms with Crippen LogP contribution in [0.1, 0.15) is 33.6 Å². The lowest BCUT2D eigenvalue weighted by atomic mass is 10.1. The van der Waals surface area contributed by atoms with E-state index in [2.05, 4.69) is 22.4 Å². The first-order valence-electron chi connectivity index (χ1n) is 8.07. The van der Waals surface area contributed by atoms with Gasteiger partial charge in [0, 0.05) is 35.9 Å². The van der Waals surface area contributed by atoms with Crippen molar-refractivity contribution in [3.05, 3.63) is 82.9 Å². The molecule has 3 rings (SSSR count). The number of anilines is 1. The summed E-state index contributed by atoms with van der Waals surface area (Å²) in [6.45, 7) is 0. The molecular formula is C20H18N2O2S. The number of ketones is 1. The van der Waals surface area contributed by atoms with E-state index in [4.69, 9.17) is 0 Å². The molecule has 126 valence electrons. The Balaban J connectivity index is 1.49. The first-order valence-corrected chi connectivity index (χ1v) is 8.89. The van der Waals surface area contributed by atoms with Crippen molar-refractivity contribution in [3.63, 3.8) is 0 Å². The Hall–Kier alpha value is -2.79. The van der Waals surface area contributed by atoms with Crippen molar-refractivity contribution in [2.45, 2.75) is 19.3 Å². The molecule has 0 saturated heterocycles. The summed E-state index contributed by atoms with van der Waals surface area (Å²) in [7, 11) is 0. The highest BCUT2D eigenvalue weighted by atomic mass is 32.1. The van der Waals surface area contributed by atoms with Crippen molar-refractivity contribution >= 4 is 28.2 Å². The van der Waals surface area contributed by atoms with E-state index in [0.717, 1.165) is 11.3 Å². The molecule has 0 spiro atoms. The molecular weight excluding hydrogens is 332 g/mol. The molecule has 25 heavy (non-hydrogen) atoms. The molecule has 2 aromatic carbocycles. The van der Waals surface area contributed by atoms with E-state index in [-0.39, 0.29) is 24.5 Å². The van der Waals surface area contributed by atoms with Crippen molar-refractivity contribution in [1.82, 2.24) is 4.98 Å². The van der Waals surface area contributed by atoms with E-state index in [1.807, 2.05) is 36.4 Å². The second-order valence-electron chi connectivity index (χ2n) is 5.63. The van der Waals surface area contributed by atoms with E-state index in [0.29, 0.717) is 10.7 Å². The van der Waals surface area contributed by atoms with Gasteiger partial charge in [-0.25, -0.2) is 4.98 Å². The summed E-state index contributed by atoms with van der Waals surface area (Å²) in [4.78, 5) is 29.4. The summed E-state index contributed by atoms with van der Waals surface area (Å²) in [6.07, 6.45) is 2.92. The number of carbonyl (C=O) groups excluding carboxylic acids is 2. The Bertz CT molecular complexity index is 844. The standard InChI is InChI=1S/C20H18N2O2S/c23-18(16-9-5-2-6-10-16)11-12-19(24)22-20-21-14-17(25-20)13-15-7-3-1-4-8-15/h1-10,14H,11-13H2,(H,21,22,24). The van der Waals surface area contributed by atoms with Crippen LogP contribution in [0.3, 0.4) is 0 Å². The molecule has 0 atom stereocenters. The number of carbonyl (C=O) groups is 2. The van der Waals surface area contributed by atoms with E-state index in [9.17, 15) is 9.59 Å².